The fourth-order valence-electron chi connectivity index (χ4n) is 1.67. The van der Waals surface area contributed by atoms with Crippen molar-refractivity contribution in [1.29, 1.82) is 0 Å². The van der Waals surface area contributed by atoms with E-state index in [-0.39, 0.29) is 22.6 Å². The highest BCUT2D eigenvalue weighted by Gasteiger charge is 2.23. The Morgan fingerprint density at radius 2 is 2.05 bits per heavy atom. The maximum atomic E-state index is 12.1. The third-order valence-electron chi connectivity index (χ3n) is 2.84. The number of sulfonamides is 1. The molecule has 0 spiro atoms. The molecule has 0 amide bonds. The number of hydrogen-bond donors (Lipinski definition) is 3. The molecule has 3 N–H and O–H groups in total. The van der Waals surface area contributed by atoms with E-state index in [1.807, 2.05) is 0 Å². The summed E-state index contributed by atoms with van der Waals surface area (Å²) >= 11 is 0. The zero-order chi connectivity index (χ0) is 14.6. The van der Waals surface area contributed by atoms with Gasteiger partial charge in [0.15, 0.2) is 0 Å². The first kappa shape index (κ1) is 15.6. The third-order valence-corrected chi connectivity index (χ3v) is 4.50. The van der Waals surface area contributed by atoms with Crippen LogP contribution < -0.4 is 4.72 Å². The second-order valence-electron chi connectivity index (χ2n) is 4.14. The summed E-state index contributed by atoms with van der Waals surface area (Å²) in [5.41, 5.74) is 0.121. The van der Waals surface area contributed by atoms with Gasteiger partial charge in [-0.1, -0.05) is 13.0 Å². The molecule has 6 nitrogen and oxygen atoms in total. The molecule has 106 valence electrons. The molecule has 1 rings (SSSR count). The van der Waals surface area contributed by atoms with Gasteiger partial charge in [-0.05, 0) is 31.0 Å². The molecule has 0 aromatic heterocycles. The number of nitrogens with one attached hydrogen (secondary N) is 1. The molecule has 1 atom stereocenters. The molecule has 0 saturated heterocycles. The number of rotatable bonds is 6. The molecule has 0 saturated carbocycles. The van der Waals surface area contributed by atoms with E-state index in [2.05, 4.69) is 4.72 Å². The predicted molar refractivity (Wildman–Crippen MR) is 69.6 cm³/mol. The average molecular weight is 287 g/mol. The Morgan fingerprint density at radius 1 is 1.42 bits per heavy atom. The molecule has 1 unspecified atom stereocenters. The number of aromatic carboxylic acids is 1. The smallest absolute Gasteiger partial charge is 0.335 e. The van der Waals surface area contributed by atoms with Gasteiger partial charge in [0.05, 0.1) is 17.1 Å². The predicted octanol–water partition coefficient (Wildman–Crippen LogP) is 0.742. The first-order valence-corrected chi connectivity index (χ1v) is 7.27. The fourth-order valence-corrected chi connectivity index (χ4v) is 3.25. The van der Waals surface area contributed by atoms with Crippen molar-refractivity contribution in [3.63, 3.8) is 0 Å². The number of aliphatic hydroxyl groups is 1. The lowest BCUT2D eigenvalue weighted by atomic mass is 10.1. The van der Waals surface area contributed by atoms with E-state index in [4.69, 9.17) is 10.2 Å². The minimum absolute atomic E-state index is 0.0556. The topological polar surface area (TPSA) is 104 Å². The molecule has 0 aliphatic rings. The summed E-state index contributed by atoms with van der Waals surface area (Å²) in [4.78, 5) is 10.9. The fraction of sp³-hybridized carbons (Fsp3) is 0.417. The Kier molecular flexibility index (Phi) is 5.04. The molecule has 1 aromatic rings. The normalized spacial score (nSPS) is 13.2. The molecule has 0 heterocycles. The van der Waals surface area contributed by atoms with E-state index in [1.165, 1.54) is 25.1 Å². The van der Waals surface area contributed by atoms with E-state index in [0.717, 1.165) is 0 Å². The van der Waals surface area contributed by atoms with Gasteiger partial charge in [0.1, 0.15) is 0 Å². The minimum atomic E-state index is -3.84. The van der Waals surface area contributed by atoms with Crippen molar-refractivity contribution in [3.8, 4) is 0 Å². The van der Waals surface area contributed by atoms with Crippen LogP contribution in [0.15, 0.2) is 23.1 Å². The second-order valence-corrected chi connectivity index (χ2v) is 5.83. The summed E-state index contributed by atoms with van der Waals surface area (Å²) < 4.78 is 26.6. The van der Waals surface area contributed by atoms with Crippen LogP contribution in [-0.4, -0.2) is 37.2 Å². The van der Waals surface area contributed by atoms with Crippen LogP contribution >= 0.6 is 0 Å². The van der Waals surface area contributed by atoms with Crippen molar-refractivity contribution in [2.75, 3.05) is 6.61 Å². The van der Waals surface area contributed by atoms with E-state index >= 15 is 0 Å². The Labute approximate surface area is 112 Å². The average Bonchev–Trinajstić information content (AvgIpc) is 2.35. The molecule has 0 aliphatic carbocycles. The van der Waals surface area contributed by atoms with E-state index in [9.17, 15) is 13.2 Å². The maximum absolute atomic E-state index is 12.1. The van der Waals surface area contributed by atoms with Crippen LogP contribution in [0.5, 0.6) is 0 Å². The lowest BCUT2D eigenvalue weighted by Gasteiger charge is -2.16. The quantitative estimate of drug-likeness (QED) is 0.716. The SMILES string of the molecule is CCC(CO)NS(=O)(=O)c1cccc(C(=O)O)c1C. The van der Waals surface area contributed by atoms with Crippen molar-refractivity contribution >= 4 is 16.0 Å². The Morgan fingerprint density at radius 3 is 2.53 bits per heavy atom. The monoisotopic (exact) mass is 287 g/mol. The van der Waals surface area contributed by atoms with Crippen LogP contribution in [-0.2, 0) is 10.0 Å². The number of carboxylic acids is 1. The Hall–Kier alpha value is -1.44. The summed E-state index contributed by atoms with van der Waals surface area (Å²) in [6.45, 7) is 2.87. The van der Waals surface area contributed by atoms with E-state index in [1.54, 1.807) is 6.92 Å². The number of hydrogen-bond acceptors (Lipinski definition) is 4. The van der Waals surface area contributed by atoms with Crippen molar-refractivity contribution in [1.82, 2.24) is 4.72 Å². The zero-order valence-electron chi connectivity index (χ0n) is 10.8. The number of aliphatic hydroxyl groups excluding tert-OH is 1. The molecule has 0 fully saturated rings. The van der Waals surface area contributed by atoms with Crippen LogP contribution in [0.3, 0.4) is 0 Å². The highest BCUT2D eigenvalue weighted by molar-refractivity contribution is 7.89. The van der Waals surface area contributed by atoms with Gasteiger partial charge in [0.25, 0.3) is 0 Å². The van der Waals surface area contributed by atoms with Gasteiger partial charge in [-0.15, -0.1) is 0 Å². The Bertz CT molecular complexity index is 563. The number of carbonyl (C=O) groups is 1. The molecule has 0 radical (unpaired) electrons. The lowest BCUT2D eigenvalue weighted by molar-refractivity contribution is 0.0696. The van der Waals surface area contributed by atoms with Crippen molar-refractivity contribution < 1.29 is 23.4 Å². The standard InChI is InChI=1S/C12H17NO5S/c1-3-9(7-14)13-19(17,18)11-6-4-5-10(8(11)2)12(15)16/h4-6,9,13-14H,3,7H2,1-2H3,(H,15,16). The van der Waals surface area contributed by atoms with Crippen molar-refractivity contribution in [2.45, 2.75) is 31.2 Å². The lowest BCUT2D eigenvalue weighted by Crippen LogP contribution is -2.37. The second kappa shape index (κ2) is 6.14. The van der Waals surface area contributed by atoms with Gasteiger partial charge in [0, 0.05) is 6.04 Å². The Balaban J connectivity index is 3.22. The van der Waals surface area contributed by atoms with E-state index < -0.39 is 22.0 Å². The molecule has 19 heavy (non-hydrogen) atoms. The summed E-state index contributed by atoms with van der Waals surface area (Å²) in [5.74, 6) is -1.18. The molecule has 0 aliphatic heterocycles. The molecule has 1 aromatic carbocycles. The van der Waals surface area contributed by atoms with Crippen LogP contribution in [0, 0.1) is 6.92 Å². The molecular formula is C12H17NO5S. The van der Waals surface area contributed by atoms with E-state index in [0.29, 0.717) is 6.42 Å². The van der Waals surface area contributed by atoms with Gasteiger partial charge in [0.2, 0.25) is 10.0 Å². The molecule has 7 heteroatoms. The van der Waals surface area contributed by atoms with Crippen molar-refractivity contribution in [3.05, 3.63) is 29.3 Å². The minimum Gasteiger partial charge on any atom is -0.478 e. The summed E-state index contributed by atoms with van der Waals surface area (Å²) in [7, 11) is -3.84. The van der Waals surface area contributed by atoms with Gasteiger partial charge in [-0.2, -0.15) is 0 Å². The summed E-state index contributed by atoms with van der Waals surface area (Å²) in [6, 6.07) is 3.48. The van der Waals surface area contributed by atoms with Crippen LogP contribution in [0.4, 0.5) is 0 Å². The number of benzene rings is 1. The first-order valence-electron chi connectivity index (χ1n) is 5.79. The molecular weight excluding hydrogens is 270 g/mol. The van der Waals surface area contributed by atoms with Crippen LogP contribution in [0.25, 0.3) is 0 Å². The summed E-state index contributed by atoms with van der Waals surface area (Å²) in [6.07, 6.45) is 0.438. The third kappa shape index (κ3) is 3.52. The highest BCUT2D eigenvalue weighted by atomic mass is 32.2. The highest BCUT2D eigenvalue weighted by Crippen LogP contribution is 2.19. The van der Waals surface area contributed by atoms with Gasteiger partial charge in [-0.25, -0.2) is 17.9 Å². The van der Waals surface area contributed by atoms with Gasteiger partial charge in [-0.3, -0.25) is 0 Å². The largest absolute Gasteiger partial charge is 0.478 e. The van der Waals surface area contributed by atoms with Crippen LogP contribution in [0.2, 0.25) is 0 Å². The zero-order valence-corrected chi connectivity index (χ0v) is 11.6. The van der Waals surface area contributed by atoms with Gasteiger partial charge < -0.3 is 10.2 Å². The molecule has 0 bridgehead atoms. The van der Waals surface area contributed by atoms with Crippen molar-refractivity contribution in [2.24, 2.45) is 0 Å². The van der Waals surface area contributed by atoms with Gasteiger partial charge >= 0.3 is 5.97 Å². The maximum Gasteiger partial charge on any atom is 0.335 e. The first-order chi connectivity index (χ1) is 8.83. The van der Waals surface area contributed by atoms with Crippen LogP contribution in [0.1, 0.15) is 29.3 Å². The summed E-state index contributed by atoms with van der Waals surface area (Å²) in [5, 5.41) is 18.0. The number of carboxylic acid groups (broad SMARTS) is 1.